The van der Waals surface area contributed by atoms with Crippen molar-refractivity contribution in [2.75, 3.05) is 6.54 Å². The molecule has 1 aromatic rings. The first kappa shape index (κ1) is 35.6. The Morgan fingerprint density at radius 2 is 1.84 bits per heavy atom. The average Bonchev–Trinajstić information content (AvgIpc) is 3.91. The molecule has 5 aliphatic rings. The van der Waals surface area contributed by atoms with Gasteiger partial charge in [0.15, 0.2) is 0 Å². The predicted octanol–water partition coefficient (Wildman–Crippen LogP) is 2.75. The van der Waals surface area contributed by atoms with Crippen molar-refractivity contribution < 1.29 is 46.3 Å². The Hall–Kier alpha value is -4.21. The fourth-order valence-corrected chi connectivity index (χ4v) is 8.21. The van der Waals surface area contributed by atoms with Crippen LogP contribution in [0.3, 0.4) is 0 Å². The number of allylic oxidation sites excluding steroid dienone is 1. The molecule has 3 heterocycles. The van der Waals surface area contributed by atoms with Crippen molar-refractivity contribution in [3.63, 3.8) is 0 Å². The monoisotopic (exact) mass is 717 g/mol. The summed E-state index contributed by atoms with van der Waals surface area (Å²) >= 11 is 0. The van der Waals surface area contributed by atoms with Gasteiger partial charge < -0.3 is 25.0 Å². The molecule has 0 aromatic heterocycles. The molecule has 0 spiro atoms. The fraction of sp³-hybridized carbons (Fsp3) is 0.618. The summed E-state index contributed by atoms with van der Waals surface area (Å²) in [5.41, 5.74) is -1.35. The lowest BCUT2D eigenvalue weighted by Gasteiger charge is -2.30. The second kappa shape index (κ2) is 13.5. The second-order valence-electron chi connectivity index (χ2n) is 14.8. The topological polar surface area (TPSA) is 181 Å². The van der Waals surface area contributed by atoms with Crippen LogP contribution in [0.2, 0.25) is 0 Å². The molecule has 0 unspecified atom stereocenters. The molecule has 1 aromatic carbocycles. The molecule has 5 atom stereocenters. The third-order valence-corrected chi connectivity index (χ3v) is 11.6. The number of fused-ring (bicyclic) bond motifs is 3. The molecule has 0 bridgehead atoms. The summed E-state index contributed by atoms with van der Waals surface area (Å²) in [6.45, 7) is 5.00. The van der Waals surface area contributed by atoms with Crippen molar-refractivity contribution in [1.29, 1.82) is 0 Å². The molecule has 1 saturated heterocycles. The van der Waals surface area contributed by atoms with Crippen LogP contribution < -0.4 is 15.4 Å². The van der Waals surface area contributed by atoms with Crippen LogP contribution in [0, 0.1) is 11.7 Å². The number of nitrogens with one attached hydrogen (secondary N) is 3. The molecule has 3 fully saturated rings. The molecular formula is C34H44FN5O9S. The van der Waals surface area contributed by atoms with Gasteiger partial charge in [-0.25, -0.2) is 22.4 Å². The van der Waals surface area contributed by atoms with E-state index in [9.17, 15) is 36.8 Å². The highest BCUT2D eigenvalue weighted by Gasteiger charge is 2.62. The molecule has 3 aliphatic heterocycles. The van der Waals surface area contributed by atoms with Gasteiger partial charge in [-0.3, -0.25) is 24.0 Å². The summed E-state index contributed by atoms with van der Waals surface area (Å²) in [7, 11) is -3.91. The van der Waals surface area contributed by atoms with Crippen LogP contribution in [0.15, 0.2) is 30.4 Å². The maximum atomic E-state index is 14.4. The number of sulfonamides is 1. The third-order valence-electron chi connectivity index (χ3n) is 9.74. The number of amides is 5. The van der Waals surface area contributed by atoms with Crippen molar-refractivity contribution in [3.05, 3.63) is 47.3 Å². The van der Waals surface area contributed by atoms with Crippen LogP contribution in [-0.4, -0.2) is 89.2 Å². The average molecular weight is 718 g/mol. The lowest BCUT2D eigenvalue weighted by molar-refractivity contribution is -0.141. The fourth-order valence-electron chi connectivity index (χ4n) is 6.85. The van der Waals surface area contributed by atoms with Gasteiger partial charge in [-0.2, -0.15) is 0 Å². The molecule has 14 nitrogen and oxygen atoms in total. The Kier molecular flexibility index (Phi) is 9.61. The molecule has 5 amide bonds. The van der Waals surface area contributed by atoms with E-state index < -0.39 is 86.2 Å². The normalized spacial score (nSPS) is 29.0. The summed E-state index contributed by atoms with van der Waals surface area (Å²) < 4.78 is 53.1. The summed E-state index contributed by atoms with van der Waals surface area (Å²) in [6.07, 6.45) is 4.08. The van der Waals surface area contributed by atoms with E-state index in [-0.39, 0.29) is 38.9 Å². The minimum absolute atomic E-state index is 0.00168. The van der Waals surface area contributed by atoms with E-state index in [1.54, 1.807) is 39.0 Å². The first-order chi connectivity index (χ1) is 23.6. The zero-order valence-electron chi connectivity index (χ0n) is 28.4. The van der Waals surface area contributed by atoms with Gasteiger partial charge in [0.25, 0.3) is 5.91 Å². The van der Waals surface area contributed by atoms with E-state index in [2.05, 4.69) is 15.4 Å². The first-order valence-electron chi connectivity index (χ1n) is 17.1. The number of alkyl carbamates (subject to hydrolysis) is 1. The van der Waals surface area contributed by atoms with Gasteiger partial charge in [-0.15, -0.1) is 0 Å². The van der Waals surface area contributed by atoms with Gasteiger partial charge in [0.05, 0.1) is 18.3 Å². The minimum Gasteiger partial charge on any atom is -0.444 e. The first-order valence-corrected chi connectivity index (χ1v) is 18.7. The summed E-state index contributed by atoms with van der Waals surface area (Å²) in [4.78, 5) is 70.5. The Morgan fingerprint density at radius 1 is 1.08 bits per heavy atom. The number of hydrogen-bond donors (Lipinski definition) is 3. The Bertz CT molecular complexity index is 1710. The van der Waals surface area contributed by atoms with Crippen LogP contribution >= 0.6 is 0 Å². The van der Waals surface area contributed by atoms with Gasteiger partial charge in [-0.1, -0.05) is 30.7 Å². The van der Waals surface area contributed by atoms with Gasteiger partial charge >= 0.3 is 12.2 Å². The number of carbonyl (C=O) groups excluding carboxylic acids is 5. The number of carbonyl (C=O) groups is 5. The van der Waals surface area contributed by atoms with E-state index in [1.165, 1.54) is 15.9 Å². The zero-order chi connectivity index (χ0) is 36.0. The largest absolute Gasteiger partial charge is 0.444 e. The van der Waals surface area contributed by atoms with Crippen LogP contribution in [0.25, 0.3) is 0 Å². The van der Waals surface area contributed by atoms with E-state index >= 15 is 0 Å². The van der Waals surface area contributed by atoms with Crippen LogP contribution in [-0.2, 0) is 47.0 Å². The zero-order valence-corrected chi connectivity index (χ0v) is 29.2. The molecule has 3 N–H and O–H groups in total. The Labute approximate surface area is 290 Å². The van der Waals surface area contributed by atoms with Gasteiger partial charge in [0, 0.05) is 24.4 Å². The summed E-state index contributed by atoms with van der Waals surface area (Å²) in [5, 5.41) is 4.76. The maximum absolute atomic E-state index is 14.4. The van der Waals surface area contributed by atoms with Gasteiger partial charge in [0.1, 0.15) is 35.1 Å². The Morgan fingerprint density at radius 3 is 2.54 bits per heavy atom. The van der Waals surface area contributed by atoms with E-state index in [1.807, 2.05) is 6.08 Å². The number of nitrogens with zero attached hydrogens (tertiary/aromatic N) is 2. The number of rotatable bonds is 5. The SMILES string of the molecule is CC(C)(C)OC(=O)N[C@@H]1CCCC/C=C\[C@@H]2C[C@@]2(C(=O)NS(=O)(=O)C2CC2)NC(=O)[C@@H]2C[C@@H](OC(=O)N3Cc4cccc(F)c4C3)CN2C1=O. The lowest BCUT2D eigenvalue weighted by Crippen LogP contribution is -2.58. The molecule has 0 radical (unpaired) electrons. The molecule has 16 heteroatoms. The Balaban J connectivity index is 1.24. The van der Waals surface area contributed by atoms with E-state index in [0.717, 1.165) is 0 Å². The highest BCUT2D eigenvalue weighted by Crippen LogP contribution is 2.46. The van der Waals surface area contributed by atoms with Crippen molar-refractivity contribution in [2.45, 2.75) is 120 Å². The van der Waals surface area contributed by atoms with Crippen molar-refractivity contribution in [1.82, 2.24) is 25.2 Å². The minimum atomic E-state index is -3.91. The van der Waals surface area contributed by atoms with Gasteiger partial charge in [-0.05, 0) is 70.9 Å². The smallest absolute Gasteiger partial charge is 0.410 e. The number of ether oxygens (including phenoxy) is 2. The van der Waals surface area contributed by atoms with Crippen molar-refractivity contribution >= 4 is 39.9 Å². The number of hydrogen-bond acceptors (Lipinski definition) is 9. The van der Waals surface area contributed by atoms with Crippen LogP contribution in [0.5, 0.6) is 0 Å². The highest BCUT2D eigenvalue weighted by atomic mass is 32.2. The lowest BCUT2D eigenvalue weighted by atomic mass is 10.0. The molecule has 6 rings (SSSR count). The summed E-state index contributed by atoms with van der Waals surface area (Å²) in [5.74, 6) is -3.07. The molecule has 2 saturated carbocycles. The van der Waals surface area contributed by atoms with E-state index in [0.29, 0.717) is 43.2 Å². The molecule has 50 heavy (non-hydrogen) atoms. The number of benzene rings is 1. The van der Waals surface area contributed by atoms with Gasteiger partial charge in [0.2, 0.25) is 21.8 Å². The van der Waals surface area contributed by atoms with E-state index in [4.69, 9.17) is 9.47 Å². The highest BCUT2D eigenvalue weighted by molar-refractivity contribution is 7.91. The second-order valence-corrected chi connectivity index (χ2v) is 16.8. The van der Waals surface area contributed by atoms with Crippen molar-refractivity contribution in [2.24, 2.45) is 5.92 Å². The molecule has 2 aliphatic carbocycles. The van der Waals surface area contributed by atoms with Crippen LogP contribution in [0.4, 0.5) is 14.0 Å². The standard InChI is InChI=1S/C34H44FN5O9S/c1-33(2,3)49-31(44)36-26-12-7-5-4-6-10-21-16-34(21,30(43)38-50(46,47)23-13-14-23)37-28(41)27-15-22(18-40(27)29(26)42)48-32(45)39-17-20-9-8-11-25(35)24(20)19-39/h6,8-11,21-23,26-27H,4-5,7,12-19H2,1-3H3,(H,36,44)(H,37,41)(H,38,43)/b10-6-/t21-,22-,26-,27+,34-/m1/s1. The predicted molar refractivity (Wildman–Crippen MR) is 176 cm³/mol. The third kappa shape index (κ3) is 7.74. The molecular weight excluding hydrogens is 673 g/mol. The molecule has 272 valence electrons. The summed E-state index contributed by atoms with van der Waals surface area (Å²) in [6, 6.07) is 2.29. The van der Waals surface area contributed by atoms with Crippen molar-refractivity contribution in [3.8, 4) is 0 Å². The maximum Gasteiger partial charge on any atom is 0.410 e. The van der Waals surface area contributed by atoms with Crippen LogP contribution in [0.1, 0.15) is 83.3 Å². The quantitative estimate of drug-likeness (QED) is 0.386. The number of halogens is 1.